The monoisotopic (exact) mass is 261 g/mol. The van der Waals surface area contributed by atoms with E-state index in [2.05, 4.69) is 6.58 Å². The Morgan fingerprint density at radius 1 is 1.58 bits per heavy atom. The van der Waals surface area contributed by atoms with Gasteiger partial charge in [0.05, 0.1) is 11.3 Å². The number of nitrogens with zero attached hydrogens (tertiary/aromatic N) is 1. The first-order valence-corrected chi connectivity index (χ1v) is 5.97. The zero-order valence-corrected chi connectivity index (χ0v) is 10.6. The van der Waals surface area contributed by atoms with Crippen LogP contribution in [0.2, 0.25) is 0 Å². The van der Waals surface area contributed by atoms with Crippen molar-refractivity contribution in [3.63, 3.8) is 0 Å². The van der Waals surface area contributed by atoms with Gasteiger partial charge in [-0.25, -0.2) is 9.59 Å². The number of carboxylic acids is 1. The SMILES string of the molecule is C=CCOC(=O)N1CC(C)c2cc(C(=O)O)ccc21. The number of hydrogen-bond donors (Lipinski definition) is 1. The number of anilines is 1. The maximum Gasteiger partial charge on any atom is 0.414 e. The third kappa shape index (κ3) is 2.45. The van der Waals surface area contributed by atoms with Gasteiger partial charge in [0.1, 0.15) is 6.61 Å². The van der Waals surface area contributed by atoms with Crippen molar-refractivity contribution in [1.29, 1.82) is 0 Å². The molecule has 1 aromatic carbocycles. The average molecular weight is 261 g/mol. The van der Waals surface area contributed by atoms with Crippen LogP contribution in [0.3, 0.4) is 0 Å². The molecule has 1 unspecified atom stereocenters. The fraction of sp³-hybridized carbons (Fsp3) is 0.286. The van der Waals surface area contributed by atoms with E-state index in [1.165, 1.54) is 17.0 Å². The van der Waals surface area contributed by atoms with Crippen LogP contribution >= 0.6 is 0 Å². The Balaban J connectivity index is 2.29. The minimum atomic E-state index is -0.970. The molecule has 0 fully saturated rings. The van der Waals surface area contributed by atoms with Gasteiger partial charge in [-0.3, -0.25) is 4.90 Å². The Labute approximate surface area is 111 Å². The van der Waals surface area contributed by atoms with Crippen LogP contribution < -0.4 is 4.90 Å². The number of amides is 1. The van der Waals surface area contributed by atoms with Crippen molar-refractivity contribution in [3.8, 4) is 0 Å². The molecule has 0 aromatic heterocycles. The first kappa shape index (κ1) is 13.1. The second-order valence-electron chi connectivity index (χ2n) is 4.46. The fourth-order valence-corrected chi connectivity index (χ4v) is 2.18. The highest BCUT2D eigenvalue weighted by Crippen LogP contribution is 2.36. The van der Waals surface area contributed by atoms with E-state index in [1.807, 2.05) is 6.92 Å². The molecule has 2 rings (SSSR count). The summed E-state index contributed by atoms with van der Waals surface area (Å²) in [5.41, 5.74) is 1.80. The lowest BCUT2D eigenvalue weighted by molar-refractivity contribution is 0.0696. The fourth-order valence-electron chi connectivity index (χ4n) is 2.18. The molecule has 1 aliphatic heterocycles. The second-order valence-corrected chi connectivity index (χ2v) is 4.46. The smallest absolute Gasteiger partial charge is 0.414 e. The lowest BCUT2D eigenvalue weighted by atomic mass is 10.0. The van der Waals surface area contributed by atoms with E-state index >= 15 is 0 Å². The summed E-state index contributed by atoms with van der Waals surface area (Å²) < 4.78 is 5.01. The summed E-state index contributed by atoms with van der Waals surface area (Å²) in [6.45, 7) is 6.09. The van der Waals surface area contributed by atoms with E-state index in [4.69, 9.17) is 9.84 Å². The highest BCUT2D eigenvalue weighted by molar-refractivity contribution is 5.94. The van der Waals surface area contributed by atoms with Gasteiger partial charge in [0, 0.05) is 12.5 Å². The molecule has 0 saturated carbocycles. The van der Waals surface area contributed by atoms with Gasteiger partial charge >= 0.3 is 12.1 Å². The van der Waals surface area contributed by atoms with E-state index in [0.717, 1.165) is 5.56 Å². The molecule has 19 heavy (non-hydrogen) atoms. The number of benzene rings is 1. The third-order valence-electron chi connectivity index (χ3n) is 3.10. The van der Waals surface area contributed by atoms with Gasteiger partial charge in [-0.15, -0.1) is 0 Å². The van der Waals surface area contributed by atoms with Gasteiger partial charge in [-0.2, -0.15) is 0 Å². The average Bonchev–Trinajstić information content (AvgIpc) is 2.73. The number of carboxylic acid groups (broad SMARTS) is 1. The molecule has 5 nitrogen and oxygen atoms in total. The van der Waals surface area contributed by atoms with E-state index in [0.29, 0.717) is 12.2 Å². The van der Waals surface area contributed by atoms with Gasteiger partial charge in [0.2, 0.25) is 0 Å². The van der Waals surface area contributed by atoms with Crippen LogP contribution in [-0.2, 0) is 4.74 Å². The molecule has 0 bridgehead atoms. The highest BCUT2D eigenvalue weighted by atomic mass is 16.6. The summed E-state index contributed by atoms with van der Waals surface area (Å²) >= 11 is 0. The first-order chi connectivity index (χ1) is 9.04. The Morgan fingerprint density at radius 2 is 2.32 bits per heavy atom. The van der Waals surface area contributed by atoms with Crippen LogP contribution in [0.5, 0.6) is 0 Å². The Bertz CT molecular complexity index is 538. The first-order valence-electron chi connectivity index (χ1n) is 5.97. The molecule has 100 valence electrons. The number of aromatic carboxylic acids is 1. The van der Waals surface area contributed by atoms with E-state index < -0.39 is 12.1 Å². The summed E-state index contributed by atoms with van der Waals surface area (Å²) in [5, 5.41) is 8.98. The van der Waals surface area contributed by atoms with Gasteiger partial charge < -0.3 is 9.84 Å². The Morgan fingerprint density at radius 3 is 2.95 bits per heavy atom. The van der Waals surface area contributed by atoms with E-state index in [1.54, 1.807) is 12.1 Å². The third-order valence-corrected chi connectivity index (χ3v) is 3.10. The van der Waals surface area contributed by atoms with Crippen molar-refractivity contribution in [3.05, 3.63) is 42.0 Å². The second kappa shape index (κ2) is 5.14. The maximum atomic E-state index is 11.9. The molecular formula is C14H15NO4. The van der Waals surface area contributed by atoms with Crippen LogP contribution in [-0.4, -0.2) is 30.3 Å². The van der Waals surface area contributed by atoms with Crippen molar-refractivity contribution in [2.24, 2.45) is 0 Å². The molecule has 5 heteroatoms. The molecule has 1 N–H and O–H groups in total. The van der Waals surface area contributed by atoms with Crippen molar-refractivity contribution < 1.29 is 19.4 Å². The lowest BCUT2D eigenvalue weighted by Crippen LogP contribution is -2.30. The van der Waals surface area contributed by atoms with Gasteiger partial charge in [-0.1, -0.05) is 19.6 Å². The lowest BCUT2D eigenvalue weighted by Gasteiger charge is -2.16. The standard InChI is InChI=1S/C14H15NO4/c1-3-6-19-14(18)15-8-9(2)11-7-10(13(16)17)4-5-12(11)15/h3-5,7,9H,1,6,8H2,2H3,(H,16,17). The number of ether oxygens (including phenoxy) is 1. The number of hydrogen-bond acceptors (Lipinski definition) is 3. The zero-order valence-electron chi connectivity index (χ0n) is 10.6. The summed E-state index contributed by atoms with van der Waals surface area (Å²) in [5.74, 6) is -0.881. The number of rotatable bonds is 3. The predicted molar refractivity (Wildman–Crippen MR) is 70.7 cm³/mol. The molecule has 0 saturated heterocycles. The minimum Gasteiger partial charge on any atom is -0.478 e. The van der Waals surface area contributed by atoms with Crippen molar-refractivity contribution in [2.75, 3.05) is 18.1 Å². The molecule has 0 spiro atoms. The molecule has 1 amide bonds. The van der Waals surface area contributed by atoms with Crippen LogP contribution in [0.4, 0.5) is 10.5 Å². The number of carbonyl (C=O) groups excluding carboxylic acids is 1. The largest absolute Gasteiger partial charge is 0.478 e. The summed E-state index contributed by atoms with van der Waals surface area (Å²) in [6, 6.07) is 4.76. The van der Waals surface area contributed by atoms with E-state index in [9.17, 15) is 9.59 Å². The quantitative estimate of drug-likeness (QED) is 0.849. The zero-order chi connectivity index (χ0) is 14.0. The topological polar surface area (TPSA) is 66.8 Å². The summed E-state index contributed by atoms with van der Waals surface area (Å²) in [6.07, 6.45) is 1.07. The summed E-state index contributed by atoms with van der Waals surface area (Å²) in [4.78, 5) is 24.3. The van der Waals surface area contributed by atoms with Crippen molar-refractivity contribution >= 4 is 17.7 Å². The van der Waals surface area contributed by atoms with E-state index in [-0.39, 0.29) is 18.1 Å². The molecule has 1 atom stereocenters. The Kier molecular flexibility index (Phi) is 3.55. The molecule has 0 radical (unpaired) electrons. The van der Waals surface area contributed by atoms with Gasteiger partial charge in [0.25, 0.3) is 0 Å². The molecule has 1 aliphatic rings. The van der Waals surface area contributed by atoms with Gasteiger partial charge in [0.15, 0.2) is 0 Å². The minimum absolute atomic E-state index is 0.0885. The van der Waals surface area contributed by atoms with Crippen LogP contribution in [0, 0.1) is 0 Å². The predicted octanol–water partition coefficient (Wildman–Crippen LogP) is 2.63. The molecule has 0 aliphatic carbocycles. The highest BCUT2D eigenvalue weighted by Gasteiger charge is 2.31. The summed E-state index contributed by atoms with van der Waals surface area (Å²) in [7, 11) is 0. The molecular weight excluding hydrogens is 246 g/mol. The molecule has 1 aromatic rings. The maximum absolute atomic E-state index is 11.9. The number of carbonyl (C=O) groups is 2. The molecule has 1 heterocycles. The van der Waals surface area contributed by atoms with Gasteiger partial charge in [-0.05, 0) is 23.8 Å². The normalized spacial score (nSPS) is 16.9. The van der Waals surface area contributed by atoms with Crippen molar-refractivity contribution in [1.82, 2.24) is 0 Å². The van der Waals surface area contributed by atoms with Crippen LogP contribution in [0.15, 0.2) is 30.9 Å². The number of fused-ring (bicyclic) bond motifs is 1. The van der Waals surface area contributed by atoms with Crippen molar-refractivity contribution in [2.45, 2.75) is 12.8 Å². The van der Waals surface area contributed by atoms with Crippen LogP contribution in [0.1, 0.15) is 28.8 Å². The van der Waals surface area contributed by atoms with Crippen LogP contribution in [0.25, 0.3) is 0 Å². The Hall–Kier alpha value is -2.30.